The molecule has 2 aliphatic heterocycles. The Bertz CT molecular complexity index is 1260. The molecule has 0 bridgehead atoms. The molecule has 202 valence electrons. The number of nitrogens with two attached hydrogens (primary N) is 1. The van der Waals surface area contributed by atoms with Crippen LogP contribution in [0.2, 0.25) is 0 Å². The zero-order valence-corrected chi connectivity index (χ0v) is 23.4. The van der Waals surface area contributed by atoms with Gasteiger partial charge < -0.3 is 20.9 Å². The van der Waals surface area contributed by atoms with Crippen LogP contribution in [0.5, 0.6) is 0 Å². The monoisotopic (exact) mass is 535 g/mol. The van der Waals surface area contributed by atoms with Gasteiger partial charge in [-0.3, -0.25) is 14.4 Å². The minimum absolute atomic E-state index is 0.123. The molecule has 0 radical (unpaired) electrons. The Balaban J connectivity index is 1.68. The van der Waals surface area contributed by atoms with Crippen LogP contribution in [0.4, 0.5) is 11.4 Å². The van der Waals surface area contributed by atoms with Crippen molar-refractivity contribution >= 4 is 46.1 Å². The molecule has 9 heteroatoms. The molecule has 4 rings (SSSR count). The lowest BCUT2D eigenvalue weighted by Crippen LogP contribution is -2.49. The number of nitrogens with zero attached hydrogens (tertiary/aromatic N) is 3. The van der Waals surface area contributed by atoms with E-state index in [1.165, 1.54) is 0 Å². The quantitative estimate of drug-likeness (QED) is 0.493. The van der Waals surface area contributed by atoms with E-state index in [-0.39, 0.29) is 17.5 Å². The fourth-order valence-corrected chi connectivity index (χ4v) is 5.49. The number of aliphatic imine (C=N–C) groups is 1. The van der Waals surface area contributed by atoms with Crippen LogP contribution < -0.4 is 20.9 Å². The second kappa shape index (κ2) is 11.2. The Morgan fingerprint density at radius 2 is 2.03 bits per heavy atom. The highest BCUT2D eigenvalue weighted by Crippen LogP contribution is 2.42. The third-order valence-electron chi connectivity index (χ3n) is 6.76. The van der Waals surface area contributed by atoms with E-state index in [2.05, 4.69) is 27.9 Å². The molecular formula is C29H37N5O3S. The van der Waals surface area contributed by atoms with Crippen LogP contribution in [-0.2, 0) is 27.3 Å². The highest BCUT2D eigenvalue weighted by molar-refractivity contribution is 7.09. The smallest absolute Gasteiger partial charge is 0.266 e. The molecule has 38 heavy (non-hydrogen) atoms. The summed E-state index contributed by atoms with van der Waals surface area (Å²) in [6, 6.07) is 9.66. The summed E-state index contributed by atoms with van der Waals surface area (Å²) in [4.78, 5) is 47.9. The fraction of sp³-hybridized carbons (Fsp3) is 0.448. The van der Waals surface area contributed by atoms with Crippen molar-refractivity contribution in [3.8, 4) is 0 Å². The molecule has 0 spiro atoms. The van der Waals surface area contributed by atoms with Crippen LogP contribution in [0.15, 0.2) is 53.0 Å². The van der Waals surface area contributed by atoms with E-state index in [1.807, 2.05) is 48.4 Å². The Kier molecular flexibility index (Phi) is 8.18. The highest BCUT2D eigenvalue weighted by Gasteiger charge is 2.35. The third-order valence-corrected chi connectivity index (χ3v) is 7.62. The van der Waals surface area contributed by atoms with E-state index in [1.54, 1.807) is 25.2 Å². The van der Waals surface area contributed by atoms with Crippen molar-refractivity contribution in [3.63, 3.8) is 0 Å². The Morgan fingerprint density at radius 3 is 2.63 bits per heavy atom. The largest absolute Gasteiger partial charge is 0.342 e. The number of amides is 3. The number of hydrogen-bond acceptors (Lipinski definition) is 6. The number of fused-ring (bicyclic) bond motifs is 1. The van der Waals surface area contributed by atoms with Gasteiger partial charge in [0.1, 0.15) is 5.71 Å². The predicted octanol–water partition coefficient (Wildman–Crippen LogP) is 4.19. The van der Waals surface area contributed by atoms with E-state index in [0.717, 1.165) is 33.9 Å². The van der Waals surface area contributed by atoms with Crippen LogP contribution in [0, 0.1) is 5.92 Å². The molecule has 1 fully saturated rings. The number of rotatable bonds is 8. The normalized spacial score (nSPS) is 18.3. The molecular weight excluding hydrogens is 498 g/mol. The van der Waals surface area contributed by atoms with E-state index in [9.17, 15) is 14.4 Å². The lowest BCUT2D eigenvalue weighted by Gasteiger charge is -2.40. The van der Waals surface area contributed by atoms with Gasteiger partial charge in [0.05, 0.1) is 29.5 Å². The van der Waals surface area contributed by atoms with Gasteiger partial charge in [-0.2, -0.15) is 0 Å². The lowest BCUT2D eigenvalue weighted by atomic mass is 9.93. The van der Waals surface area contributed by atoms with Crippen molar-refractivity contribution in [2.24, 2.45) is 16.6 Å². The molecule has 1 aromatic carbocycles. The maximum absolute atomic E-state index is 13.5. The number of anilines is 2. The van der Waals surface area contributed by atoms with Crippen LogP contribution in [-0.4, -0.2) is 41.6 Å². The first-order chi connectivity index (χ1) is 18.0. The number of carbonyl (C=O) groups excluding carboxylic acids is 3. The summed E-state index contributed by atoms with van der Waals surface area (Å²) in [6.07, 6.45) is 2.25. The summed E-state index contributed by atoms with van der Waals surface area (Å²) in [5, 5.41) is 5.13. The second-order valence-electron chi connectivity index (χ2n) is 11.0. The fourth-order valence-electron chi connectivity index (χ4n) is 4.80. The van der Waals surface area contributed by atoms with Crippen molar-refractivity contribution in [2.45, 2.75) is 71.5 Å². The topological polar surface area (TPSA) is 108 Å². The zero-order chi connectivity index (χ0) is 27.6. The first-order valence-electron chi connectivity index (χ1n) is 13.1. The van der Waals surface area contributed by atoms with Crippen molar-refractivity contribution < 1.29 is 14.4 Å². The molecule has 3 N–H and O–H groups in total. The molecule has 0 aliphatic carbocycles. The number of para-hydroxylation sites is 1. The van der Waals surface area contributed by atoms with Gasteiger partial charge >= 0.3 is 0 Å². The second-order valence-corrected chi connectivity index (χ2v) is 12.0. The summed E-state index contributed by atoms with van der Waals surface area (Å²) in [6.45, 7) is 12.8. The Hall–Kier alpha value is -3.30. The number of hydrogen-bond donors (Lipinski definition) is 2. The van der Waals surface area contributed by atoms with Gasteiger partial charge in [0.15, 0.2) is 0 Å². The molecule has 0 saturated carbocycles. The van der Waals surface area contributed by atoms with Gasteiger partial charge in [0.25, 0.3) is 11.8 Å². The van der Waals surface area contributed by atoms with E-state index >= 15 is 0 Å². The first-order valence-corrected chi connectivity index (χ1v) is 14.0. The lowest BCUT2D eigenvalue weighted by molar-refractivity contribution is -0.122. The maximum Gasteiger partial charge on any atom is 0.266 e. The SMILES string of the molecule is C=C1C(NC(=O)C(CC(C)C)=NC(=O)C(C)(C)N)Cc2cccc(N3CCCC3=O)c2N1Cc1cccs1. The van der Waals surface area contributed by atoms with E-state index in [0.29, 0.717) is 32.4 Å². The molecule has 2 aliphatic rings. The van der Waals surface area contributed by atoms with Gasteiger partial charge in [-0.05, 0) is 55.7 Å². The molecule has 1 saturated heterocycles. The van der Waals surface area contributed by atoms with E-state index < -0.39 is 23.4 Å². The van der Waals surface area contributed by atoms with Crippen molar-refractivity contribution in [3.05, 3.63) is 58.4 Å². The zero-order valence-electron chi connectivity index (χ0n) is 22.6. The molecule has 1 unspecified atom stereocenters. The van der Waals surface area contributed by atoms with Crippen molar-refractivity contribution in [2.75, 3.05) is 16.3 Å². The number of carbonyl (C=O) groups is 3. The minimum Gasteiger partial charge on any atom is -0.342 e. The summed E-state index contributed by atoms with van der Waals surface area (Å²) in [5.74, 6) is -0.680. The number of nitrogens with one attached hydrogen (secondary N) is 1. The number of thiophene rings is 1. The molecule has 8 nitrogen and oxygen atoms in total. The first kappa shape index (κ1) is 27.7. The van der Waals surface area contributed by atoms with Crippen LogP contribution in [0.25, 0.3) is 0 Å². The Labute approximate surface area is 228 Å². The summed E-state index contributed by atoms with van der Waals surface area (Å²) < 4.78 is 0. The maximum atomic E-state index is 13.5. The highest BCUT2D eigenvalue weighted by atomic mass is 32.1. The minimum atomic E-state index is -1.17. The van der Waals surface area contributed by atoms with Crippen molar-refractivity contribution in [1.82, 2.24) is 5.32 Å². The average molecular weight is 536 g/mol. The van der Waals surface area contributed by atoms with E-state index in [4.69, 9.17) is 5.73 Å². The van der Waals surface area contributed by atoms with Gasteiger partial charge in [0, 0.05) is 30.0 Å². The summed E-state index contributed by atoms with van der Waals surface area (Å²) in [7, 11) is 0. The van der Waals surface area contributed by atoms with Crippen LogP contribution >= 0.6 is 11.3 Å². The Morgan fingerprint density at radius 1 is 1.26 bits per heavy atom. The molecule has 2 aromatic rings. The van der Waals surface area contributed by atoms with Gasteiger partial charge in [-0.25, -0.2) is 4.99 Å². The predicted molar refractivity (Wildman–Crippen MR) is 153 cm³/mol. The standard InChI is InChI=1S/C29H37N5O3S/c1-18(2)15-23(32-28(37)29(4,5)30)27(36)31-22-16-20-9-6-11-24(33-13-7-12-25(33)35)26(20)34(19(22)3)17-21-10-8-14-38-21/h6,8-11,14,18,22H,3,7,12-13,15-17,30H2,1-2,4-5H3,(H,31,36). The molecule has 1 atom stereocenters. The van der Waals surface area contributed by atoms with Gasteiger partial charge in [-0.1, -0.05) is 38.6 Å². The summed E-state index contributed by atoms with van der Waals surface area (Å²) in [5.41, 5.74) is 8.54. The van der Waals surface area contributed by atoms with Crippen molar-refractivity contribution in [1.29, 1.82) is 0 Å². The third kappa shape index (κ3) is 6.05. The molecule has 3 amide bonds. The molecule has 3 heterocycles. The van der Waals surface area contributed by atoms with Gasteiger partial charge in [0.2, 0.25) is 5.91 Å². The molecule has 1 aromatic heterocycles. The number of benzene rings is 1. The average Bonchev–Trinajstić information content (AvgIpc) is 3.51. The van der Waals surface area contributed by atoms with Gasteiger partial charge in [-0.15, -0.1) is 11.3 Å². The van der Waals surface area contributed by atoms with Crippen LogP contribution in [0.3, 0.4) is 0 Å². The summed E-state index contributed by atoms with van der Waals surface area (Å²) >= 11 is 1.65. The van der Waals surface area contributed by atoms with Crippen LogP contribution in [0.1, 0.15) is 57.4 Å².